The molecule has 0 N–H and O–H groups in total. The predicted molar refractivity (Wildman–Crippen MR) is 42.2 cm³/mol. The second-order valence-electron chi connectivity index (χ2n) is 1.70. The highest BCUT2D eigenvalue weighted by atomic mass is 32.1. The number of rotatable bonds is 0. The molecule has 0 fully saturated rings. The third-order valence-electron chi connectivity index (χ3n) is 0.963. The first-order valence-corrected chi connectivity index (χ1v) is 2.83. The molecule has 1 aromatic carbocycles. The Kier molecular flexibility index (Phi) is 14.1. The van der Waals surface area contributed by atoms with Gasteiger partial charge in [-0.2, -0.15) is 0 Å². The lowest BCUT2D eigenvalue weighted by molar-refractivity contribution is 0.511. The second-order valence-corrected chi connectivity index (χ2v) is 2.11. The van der Waals surface area contributed by atoms with E-state index in [2.05, 4.69) is 12.6 Å². The number of hydrogen-bond donors (Lipinski definition) is 0. The maximum atomic E-state index is 12.3. The van der Waals surface area contributed by atoms with Gasteiger partial charge in [0.1, 0.15) is 22.3 Å². The molecule has 14 heavy (non-hydrogen) atoms. The van der Waals surface area contributed by atoms with Gasteiger partial charge in [0.05, 0.1) is 0 Å². The topological polar surface area (TPSA) is 0 Å². The molecule has 0 aromatic heterocycles. The molecule has 0 aliphatic rings. The van der Waals surface area contributed by atoms with Gasteiger partial charge in [-0.25, -0.2) is 13.2 Å². The van der Waals surface area contributed by atoms with Gasteiger partial charge in [-0.3, -0.25) is 18.8 Å². The van der Waals surface area contributed by atoms with E-state index in [1.807, 2.05) is 0 Å². The summed E-state index contributed by atoms with van der Waals surface area (Å²) in [7, 11) is 0. The summed E-state index contributed by atoms with van der Waals surface area (Å²) in [6.45, 7) is 0. The van der Waals surface area contributed by atoms with Gasteiger partial charge in [-0.15, -0.1) is 0 Å². The highest BCUT2D eigenvalue weighted by Crippen LogP contribution is 2.17. The first-order chi connectivity index (χ1) is 4.61. The molecule has 0 aliphatic carbocycles. The lowest BCUT2D eigenvalue weighted by Gasteiger charge is -1.94. The molecular weight excluding hydrogens is 237 g/mol. The number of hydrogen-bond acceptors (Lipinski definition) is 0. The zero-order valence-corrected chi connectivity index (χ0v) is 7.15. The third kappa shape index (κ3) is 4.85. The first kappa shape index (κ1) is 23.1. The average molecular weight is 243 g/mol. The maximum Gasteiger partial charge on any atom is 0.147 e. The first-order valence-electron chi connectivity index (χ1n) is 2.43. The zero-order chi connectivity index (χ0) is 7.72. The molecule has 0 nitrogen and oxygen atoms in total. The number of halogens is 7. The van der Waals surface area contributed by atoms with Crippen molar-refractivity contribution in [1.29, 1.82) is 0 Å². The molecule has 0 saturated heterocycles. The van der Waals surface area contributed by atoms with Crippen LogP contribution in [-0.4, -0.2) is 0 Å². The fourth-order valence-corrected chi connectivity index (χ4v) is 0.647. The zero-order valence-electron chi connectivity index (χ0n) is 6.33. The lowest BCUT2D eigenvalue weighted by atomic mass is 10.3. The van der Waals surface area contributed by atoms with E-state index >= 15 is 0 Å². The van der Waals surface area contributed by atoms with E-state index in [0.717, 1.165) is 0 Å². The normalized spacial score (nSPS) is 7.07. The van der Waals surface area contributed by atoms with Crippen LogP contribution in [0.2, 0.25) is 0 Å². The minimum Gasteiger partial charge on any atom is -0.269 e. The Morgan fingerprint density at radius 2 is 1.07 bits per heavy atom. The molecule has 1 rings (SSSR count). The van der Waals surface area contributed by atoms with Gasteiger partial charge in [0.2, 0.25) is 0 Å². The summed E-state index contributed by atoms with van der Waals surface area (Å²) in [6.07, 6.45) is 0. The second kappa shape index (κ2) is 8.54. The predicted octanol–water partition coefficient (Wildman–Crippen LogP) is 3.27. The summed E-state index contributed by atoms with van der Waals surface area (Å²) in [4.78, 5) is -0.568. The van der Waals surface area contributed by atoms with Gasteiger partial charge >= 0.3 is 0 Å². The molecule has 0 heterocycles. The van der Waals surface area contributed by atoms with Gasteiger partial charge in [0.25, 0.3) is 0 Å². The summed E-state index contributed by atoms with van der Waals surface area (Å²) in [5.41, 5.74) is 0. The van der Waals surface area contributed by atoms with Crippen LogP contribution in [0.4, 0.5) is 32.0 Å². The lowest BCUT2D eigenvalue weighted by Crippen LogP contribution is -1.86. The summed E-state index contributed by atoms with van der Waals surface area (Å²) >= 11 is 4.24. The van der Waals surface area contributed by atoms with Gasteiger partial charge in [0, 0.05) is 12.1 Å². The van der Waals surface area contributed by atoms with Crippen LogP contribution >= 0.6 is 12.6 Å². The molecule has 8 heteroatoms. The smallest absolute Gasteiger partial charge is 0.147 e. The van der Waals surface area contributed by atoms with E-state index < -0.39 is 22.3 Å². The summed E-state index contributed by atoms with van der Waals surface area (Å²) in [6, 6.07) is 1.09. The molecule has 0 bridgehead atoms. The molecular formula is C6H6F7S. The van der Waals surface area contributed by atoms with Crippen molar-refractivity contribution in [2.24, 2.45) is 0 Å². The van der Waals surface area contributed by atoms with Crippen LogP contribution in [0.3, 0.4) is 0 Å². The Balaban J connectivity index is -0.000000125. The summed E-state index contributed by atoms with van der Waals surface area (Å²) in [5, 5.41) is 0. The summed E-state index contributed by atoms with van der Waals surface area (Å²) < 4.78 is 36.6. The van der Waals surface area contributed by atoms with Crippen molar-refractivity contribution in [3.8, 4) is 0 Å². The fraction of sp³-hybridized carbons (Fsp3) is 0. The van der Waals surface area contributed by atoms with Crippen molar-refractivity contribution in [1.82, 2.24) is 0 Å². The molecule has 0 aliphatic heterocycles. The van der Waals surface area contributed by atoms with E-state index in [0.29, 0.717) is 12.1 Å². The quantitative estimate of drug-likeness (QED) is 0.613. The molecule has 0 unspecified atom stereocenters. The van der Waals surface area contributed by atoms with E-state index in [-0.39, 0.29) is 18.8 Å². The van der Waals surface area contributed by atoms with E-state index in [1.165, 1.54) is 0 Å². The Morgan fingerprint density at radius 1 is 0.786 bits per heavy atom. The largest absolute Gasteiger partial charge is 0.269 e. The molecule has 85 valence electrons. The third-order valence-corrected chi connectivity index (χ3v) is 1.35. The minimum absolute atomic E-state index is 0. The van der Waals surface area contributed by atoms with Crippen molar-refractivity contribution in [3.63, 3.8) is 0 Å². The molecule has 0 amide bonds. The molecule has 0 spiro atoms. The SMILES string of the molecule is F.F.F.F.Fc1cc(F)c([S])c(F)c1. The molecule has 0 atom stereocenters. The van der Waals surface area contributed by atoms with Crippen LogP contribution in [0.1, 0.15) is 0 Å². The van der Waals surface area contributed by atoms with Gasteiger partial charge in [-0.05, 0) is 0 Å². The summed E-state index contributed by atoms with van der Waals surface area (Å²) in [5.74, 6) is -3.02. The molecule has 1 aromatic rings. The van der Waals surface area contributed by atoms with Crippen LogP contribution in [0, 0.1) is 17.5 Å². The van der Waals surface area contributed by atoms with Crippen molar-refractivity contribution >= 4 is 12.6 Å². The van der Waals surface area contributed by atoms with Crippen molar-refractivity contribution < 1.29 is 32.0 Å². The van der Waals surface area contributed by atoms with Gasteiger partial charge in [-0.1, -0.05) is 12.6 Å². The Labute approximate surface area is 80.0 Å². The van der Waals surface area contributed by atoms with Crippen molar-refractivity contribution in [3.05, 3.63) is 29.6 Å². The molecule has 1 radical (unpaired) electrons. The van der Waals surface area contributed by atoms with E-state index in [4.69, 9.17) is 0 Å². The standard InChI is InChI=1S/C6H2F3S.4FH/c7-3-1-4(8)6(10)5(9)2-3;;;;/h1-2H;4*1H. The van der Waals surface area contributed by atoms with Crippen LogP contribution in [0.15, 0.2) is 17.0 Å². The van der Waals surface area contributed by atoms with E-state index in [1.54, 1.807) is 0 Å². The van der Waals surface area contributed by atoms with Crippen LogP contribution < -0.4 is 0 Å². The fourth-order valence-electron chi connectivity index (χ4n) is 0.529. The maximum absolute atomic E-state index is 12.3. The van der Waals surface area contributed by atoms with Crippen molar-refractivity contribution in [2.45, 2.75) is 4.90 Å². The van der Waals surface area contributed by atoms with Crippen LogP contribution in [-0.2, 0) is 0 Å². The van der Waals surface area contributed by atoms with Gasteiger partial charge in [0.15, 0.2) is 0 Å². The Bertz CT molecular complexity index is 241. The monoisotopic (exact) mass is 243 g/mol. The van der Waals surface area contributed by atoms with E-state index in [9.17, 15) is 13.2 Å². The Hall–Kier alpha value is -1.05. The van der Waals surface area contributed by atoms with Crippen LogP contribution in [0.25, 0.3) is 0 Å². The molecule has 0 saturated carbocycles. The highest BCUT2D eigenvalue weighted by Gasteiger charge is 2.07. The minimum atomic E-state index is -1.03. The average Bonchev–Trinajstić information content (AvgIpc) is 1.82. The highest BCUT2D eigenvalue weighted by molar-refractivity contribution is 7.80. The Morgan fingerprint density at radius 3 is 1.36 bits per heavy atom. The van der Waals surface area contributed by atoms with Crippen LogP contribution in [0.5, 0.6) is 0 Å². The number of benzene rings is 1. The van der Waals surface area contributed by atoms with Gasteiger partial charge < -0.3 is 0 Å². The van der Waals surface area contributed by atoms with Crippen molar-refractivity contribution in [2.75, 3.05) is 0 Å².